The summed E-state index contributed by atoms with van der Waals surface area (Å²) in [6.45, 7) is 5.06. The van der Waals surface area contributed by atoms with Crippen LogP contribution in [0.25, 0.3) is 22.2 Å². The quantitative estimate of drug-likeness (QED) is 0.360. The zero-order chi connectivity index (χ0) is 24.1. The second-order valence-corrected chi connectivity index (χ2v) is 10.9. The van der Waals surface area contributed by atoms with Crippen LogP contribution in [0.1, 0.15) is 26.2 Å². The predicted molar refractivity (Wildman–Crippen MR) is 138 cm³/mol. The van der Waals surface area contributed by atoms with Crippen LogP contribution in [-0.2, 0) is 4.74 Å². The van der Waals surface area contributed by atoms with E-state index < -0.39 is 0 Å². The van der Waals surface area contributed by atoms with E-state index in [1.807, 2.05) is 43.0 Å². The Morgan fingerprint density at radius 3 is 2.78 bits per heavy atom. The number of hydrogen-bond donors (Lipinski definition) is 0. The van der Waals surface area contributed by atoms with Gasteiger partial charge in [0.1, 0.15) is 12.7 Å². The molecule has 0 aliphatic carbocycles. The molecule has 0 N–H and O–H groups in total. The van der Waals surface area contributed by atoms with Crippen molar-refractivity contribution in [3.63, 3.8) is 0 Å². The molecule has 0 amide bonds. The van der Waals surface area contributed by atoms with Crippen LogP contribution in [0, 0.1) is 5.41 Å². The van der Waals surface area contributed by atoms with Gasteiger partial charge < -0.3 is 9.64 Å². The van der Waals surface area contributed by atoms with Gasteiger partial charge in [-0.15, -0.1) is 0 Å². The molecule has 6 heterocycles. The van der Waals surface area contributed by atoms with Gasteiger partial charge in [0.2, 0.25) is 5.95 Å². The van der Waals surface area contributed by atoms with Crippen LogP contribution in [0.15, 0.2) is 71.5 Å². The van der Waals surface area contributed by atoms with Gasteiger partial charge in [0.05, 0.1) is 28.8 Å². The zero-order valence-electron chi connectivity index (χ0n) is 20.0. The van der Waals surface area contributed by atoms with Crippen LogP contribution in [0.4, 0.5) is 5.95 Å². The second-order valence-electron chi connectivity index (χ2n) is 9.78. The number of pyridine rings is 1. The Morgan fingerprint density at radius 2 is 1.97 bits per heavy atom. The van der Waals surface area contributed by atoms with Gasteiger partial charge in [0.15, 0.2) is 5.65 Å². The van der Waals surface area contributed by atoms with Crippen molar-refractivity contribution in [1.82, 2.24) is 34.1 Å². The first-order chi connectivity index (χ1) is 17.7. The molecule has 1 atom stereocenters. The Kier molecular flexibility index (Phi) is 5.17. The third kappa shape index (κ3) is 3.63. The van der Waals surface area contributed by atoms with Crippen molar-refractivity contribution in [3.05, 3.63) is 61.7 Å². The number of hydrogen-bond acceptors (Lipinski definition) is 8. The lowest BCUT2D eigenvalue weighted by Crippen LogP contribution is -2.41. The summed E-state index contributed by atoms with van der Waals surface area (Å²) in [6, 6.07) is 8.16. The number of piperidine rings is 1. The molecule has 9 nitrogen and oxygen atoms in total. The fourth-order valence-electron chi connectivity index (χ4n) is 5.63. The monoisotopic (exact) mass is 498 g/mol. The SMILES string of the molecule is C[C@H]1CC2(CCN(c3ncc(Sc4ccnc5c(-n6cncn6)cccc45)c4nccn34)CC2)CO1. The molecule has 2 aliphatic rings. The minimum Gasteiger partial charge on any atom is -0.378 e. The fraction of sp³-hybridized carbons (Fsp3) is 0.346. The van der Waals surface area contributed by atoms with E-state index in [-0.39, 0.29) is 0 Å². The van der Waals surface area contributed by atoms with Crippen molar-refractivity contribution in [2.24, 2.45) is 5.41 Å². The molecule has 0 radical (unpaired) electrons. The molecule has 7 rings (SSSR count). The summed E-state index contributed by atoms with van der Waals surface area (Å²) < 4.78 is 9.78. The van der Waals surface area contributed by atoms with E-state index in [0.29, 0.717) is 11.5 Å². The molecule has 2 aliphatic heterocycles. The summed E-state index contributed by atoms with van der Waals surface area (Å²) in [6.07, 6.45) is 14.7. The lowest BCUT2D eigenvalue weighted by molar-refractivity contribution is 0.0975. The van der Waals surface area contributed by atoms with Crippen molar-refractivity contribution in [2.75, 3.05) is 24.6 Å². The van der Waals surface area contributed by atoms with Gasteiger partial charge in [-0.25, -0.2) is 19.6 Å². The van der Waals surface area contributed by atoms with E-state index in [4.69, 9.17) is 14.7 Å². The Hall–Kier alpha value is -3.50. The number of ether oxygens (including phenoxy) is 1. The van der Waals surface area contributed by atoms with Gasteiger partial charge >= 0.3 is 0 Å². The molecule has 182 valence electrons. The zero-order valence-corrected chi connectivity index (χ0v) is 20.8. The standard InChI is InChI=1S/C26H26N8OS/c1-18-13-26(15-35-18)6-10-32(11-7-26)25-30-14-22(24-29-9-12-33(24)25)36-21-5-8-28-23-19(21)3-2-4-20(23)34-17-27-16-31-34/h2-5,8-9,12,14,16-18H,6-7,10-11,13,15H2,1H3/t18-/m0/s1. The molecule has 10 heteroatoms. The molecule has 1 aromatic carbocycles. The molecule has 0 unspecified atom stereocenters. The van der Waals surface area contributed by atoms with Gasteiger partial charge in [0, 0.05) is 48.2 Å². The summed E-state index contributed by atoms with van der Waals surface area (Å²) in [4.78, 5) is 22.9. The van der Waals surface area contributed by atoms with Crippen molar-refractivity contribution < 1.29 is 4.74 Å². The first-order valence-corrected chi connectivity index (χ1v) is 13.1. The number of anilines is 1. The normalized spacial score (nSPS) is 19.6. The topological polar surface area (TPSA) is 86.3 Å². The van der Waals surface area contributed by atoms with E-state index in [2.05, 4.69) is 37.4 Å². The number of aromatic nitrogens is 7. The Balaban J connectivity index is 1.20. The smallest absolute Gasteiger partial charge is 0.211 e. The third-order valence-corrected chi connectivity index (χ3v) is 8.55. The highest BCUT2D eigenvalue weighted by Crippen LogP contribution is 2.43. The van der Waals surface area contributed by atoms with Crippen LogP contribution >= 0.6 is 11.8 Å². The third-order valence-electron chi connectivity index (χ3n) is 7.47. The Bertz CT molecular complexity index is 1540. The maximum absolute atomic E-state index is 5.91. The highest BCUT2D eigenvalue weighted by Gasteiger charge is 2.41. The summed E-state index contributed by atoms with van der Waals surface area (Å²) in [5, 5.41) is 5.34. The van der Waals surface area contributed by atoms with Crippen molar-refractivity contribution in [2.45, 2.75) is 42.1 Å². The van der Waals surface area contributed by atoms with Crippen molar-refractivity contribution in [3.8, 4) is 5.69 Å². The molecule has 5 aromatic rings. The number of benzene rings is 1. The largest absolute Gasteiger partial charge is 0.378 e. The molecular weight excluding hydrogens is 472 g/mol. The molecule has 36 heavy (non-hydrogen) atoms. The maximum atomic E-state index is 5.91. The minimum absolute atomic E-state index is 0.341. The second kappa shape index (κ2) is 8.56. The van der Waals surface area contributed by atoms with E-state index in [1.54, 1.807) is 22.8 Å². The lowest BCUT2D eigenvalue weighted by atomic mass is 9.77. The van der Waals surface area contributed by atoms with Crippen LogP contribution < -0.4 is 4.90 Å². The molecule has 2 fully saturated rings. The molecule has 1 spiro atoms. The number of para-hydroxylation sites is 1. The van der Waals surface area contributed by atoms with Crippen LogP contribution in [0.2, 0.25) is 0 Å². The molecule has 0 saturated carbocycles. The number of imidazole rings is 1. The Morgan fingerprint density at radius 1 is 1.06 bits per heavy atom. The van der Waals surface area contributed by atoms with Gasteiger partial charge in [-0.05, 0) is 43.7 Å². The summed E-state index contributed by atoms with van der Waals surface area (Å²) in [7, 11) is 0. The lowest BCUT2D eigenvalue weighted by Gasteiger charge is -2.39. The molecule has 2 saturated heterocycles. The Labute approximate surface area is 212 Å². The highest BCUT2D eigenvalue weighted by molar-refractivity contribution is 7.99. The van der Waals surface area contributed by atoms with Crippen LogP contribution in [0.5, 0.6) is 0 Å². The summed E-state index contributed by atoms with van der Waals surface area (Å²) >= 11 is 1.66. The highest BCUT2D eigenvalue weighted by atomic mass is 32.2. The molecule has 4 aromatic heterocycles. The molecule has 0 bridgehead atoms. The first kappa shape index (κ1) is 21.8. The van der Waals surface area contributed by atoms with Crippen molar-refractivity contribution in [1.29, 1.82) is 0 Å². The number of rotatable bonds is 4. The van der Waals surface area contributed by atoms with Gasteiger partial charge in [-0.2, -0.15) is 5.10 Å². The maximum Gasteiger partial charge on any atom is 0.211 e. The predicted octanol–water partition coefficient (Wildman–Crippen LogP) is 4.40. The van der Waals surface area contributed by atoms with Gasteiger partial charge in [-0.1, -0.05) is 23.9 Å². The average Bonchev–Trinajstić information content (AvgIpc) is 3.67. The fourth-order valence-corrected chi connectivity index (χ4v) is 6.61. The van der Waals surface area contributed by atoms with E-state index in [9.17, 15) is 0 Å². The minimum atomic E-state index is 0.341. The van der Waals surface area contributed by atoms with Crippen LogP contribution in [-0.4, -0.2) is 59.9 Å². The number of nitrogens with zero attached hydrogens (tertiary/aromatic N) is 8. The summed E-state index contributed by atoms with van der Waals surface area (Å²) in [5.74, 6) is 0.960. The average molecular weight is 499 g/mol. The van der Waals surface area contributed by atoms with Gasteiger partial charge in [0.25, 0.3) is 0 Å². The van der Waals surface area contributed by atoms with Crippen molar-refractivity contribution >= 4 is 34.3 Å². The summed E-state index contributed by atoms with van der Waals surface area (Å²) in [5.41, 5.74) is 3.04. The van der Waals surface area contributed by atoms with E-state index >= 15 is 0 Å². The van der Waals surface area contributed by atoms with E-state index in [1.165, 1.54) is 12.7 Å². The van der Waals surface area contributed by atoms with Gasteiger partial charge in [-0.3, -0.25) is 9.38 Å². The first-order valence-electron chi connectivity index (χ1n) is 12.3. The molecular formula is C26H26N8OS. The van der Waals surface area contributed by atoms with Crippen LogP contribution in [0.3, 0.4) is 0 Å². The van der Waals surface area contributed by atoms with E-state index in [0.717, 1.165) is 70.5 Å². The number of fused-ring (bicyclic) bond motifs is 2.